The van der Waals surface area contributed by atoms with Crippen molar-refractivity contribution in [2.75, 3.05) is 0 Å². The molecule has 0 amide bonds. The van der Waals surface area contributed by atoms with Gasteiger partial charge in [0.2, 0.25) is 5.75 Å². The average molecular weight is 233 g/mol. The molecule has 15 heavy (non-hydrogen) atoms. The summed E-state index contributed by atoms with van der Waals surface area (Å²) in [6.07, 6.45) is 0. The highest BCUT2D eigenvalue weighted by atomic mass is 35.5. The molecule has 0 aliphatic carbocycles. The number of hydrogen-bond acceptors (Lipinski definition) is 5. The third kappa shape index (κ3) is 2.33. The van der Waals surface area contributed by atoms with Crippen molar-refractivity contribution in [3.05, 3.63) is 33.9 Å². The molecular formula is C7H5ClN2O5. The van der Waals surface area contributed by atoms with Gasteiger partial charge in [-0.05, 0) is 6.07 Å². The molecule has 2 N–H and O–H groups in total. The molecule has 0 aromatic heterocycles. The standard InChI is InChI=1S/C7H5ClN2O5/c8-9-15-6-4(7(11)12)2-1-3-5(6)10(13)14/h1-3,9H,(H,11,12). The molecule has 7 nitrogen and oxygen atoms in total. The molecule has 80 valence electrons. The summed E-state index contributed by atoms with van der Waals surface area (Å²) < 4.78 is 0. The third-order valence-corrected chi connectivity index (χ3v) is 1.64. The van der Waals surface area contributed by atoms with Gasteiger partial charge in [0, 0.05) is 17.8 Å². The lowest BCUT2D eigenvalue weighted by atomic mass is 10.2. The smallest absolute Gasteiger partial charge is 0.339 e. The number of benzene rings is 1. The number of halogens is 1. The highest BCUT2D eigenvalue weighted by Crippen LogP contribution is 2.30. The Morgan fingerprint density at radius 2 is 2.27 bits per heavy atom. The molecule has 1 aromatic rings. The van der Waals surface area contributed by atoms with E-state index in [0.29, 0.717) is 0 Å². The zero-order valence-corrected chi connectivity index (χ0v) is 7.89. The quantitative estimate of drug-likeness (QED) is 0.461. The van der Waals surface area contributed by atoms with Crippen LogP contribution in [0.4, 0.5) is 5.69 Å². The SMILES string of the molecule is O=C(O)c1cccc([N+](=O)[O-])c1ONCl. The molecule has 8 heteroatoms. The van der Waals surface area contributed by atoms with Crippen LogP contribution in [0.1, 0.15) is 10.4 Å². The van der Waals surface area contributed by atoms with Gasteiger partial charge in [-0.15, -0.1) is 0 Å². The Labute approximate surface area is 88.4 Å². The van der Waals surface area contributed by atoms with Crippen LogP contribution in [-0.2, 0) is 0 Å². The summed E-state index contributed by atoms with van der Waals surface area (Å²) in [7, 11) is 0. The number of nitrogens with zero attached hydrogens (tertiary/aromatic N) is 1. The fourth-order valence-electron chi connectivity index (χ4n) is 0.983. The second-order valence-electron chi connectivity index (χ2n) is 2.40. The summed E-state index contributed by atoms with van der Waals surface area (Å²) in [5, 5.41) is 19.3. The molecule has 0 atom stereocenters. The number of nitrogens with one attached hydrogen (secondary N) is 1. The predicted octanol–water partition coefficient (Wildman–Crippen LogP) is 1.33. The Hall–Kier alpha value is -1.86. The second kappa shape index (κ2) is 4.58. The molecule has 0 aliphatic rings. The maximum atomic E-state index is 10.7. The summed E-state index contributed by atoms with van der Waals surface area (Å²) in [4.78, 5) is 26.6. The van der Waals surface area contributed by atoms with E-state index in [0.717, 1.165) is 6.07 Å². The van der Waals surface area contributed by atoms with Crippen LogP contribution >= 0.6 is 11.8 Å². The van der Waals surface area contributed by atoms with Gasteiger partial charge in [-0.3, -0.25) is 10.1 Å². The summed E-state index contributed by atoms with van der Waals surface area (Å²) in [6.45, 7) is 0. The van der Waals surface area contributed by atoms with Crippen molar-refractivity contribution in [3.63, 3.8) is 0 Å². The number of carboxylic acid groups (broad SMARTS) is 1. The number of carbonyl (C=O) groups is 1. The van der Waals surface area contributed by atoms with Crippen LogP contribution in [0, 0.1) is 10.1 Å². The van der Waals surface area contributed by atoms with Gasteiger partial charge in [0.05, 0.1) is 4.92 Å². The van der Waals surface area contributed by atoms with E-state index in [1.165, 1.54) is 12.1 Å². The molecule has 1 rings (SSSR count). The minimum atomic E-state index is -1.35. The van der Waals surface area contributed by atoms with Crippen LogP contribution in [0.2, 0.25) is 0 Å². The number of aromatic carboxylic acids is 1. The van der Waals surface area contributed by atoms with Crippen molar-refractivity contribution in [2.45, 2.75) is 0 Å². The van der Waals surface area contributed by atoms with Crippen molar-refractivity contribution in [2.24, 2.45) is 0 Å². The first-order valence-corrected chi connectivity index (χ1v) is 3.99. The summed E-state index contributed by atoms with van der Waals surface area (Å²) in [5.74, 6) is -1.79. The van der Waals surface area contributed by atoms with Gasteiger partial charge in [-0.2, -0.15) is 0 Å². The predicted molar refractivity (Wildman–Crippen MR) is 49.7 cm³/mol. The Bertz CT molecular complexity index is 376. The molecular weight excluding hydrogens is 228 g/mol. The Morgan fingerprint density at radius 1 is 1.60 bits per heavy atom. The Morgan fingerprint density at radius 3 is 2.73 bits per heavy atom. The van der Waals surface area contributed by atoms with Crippen LogP contribution in [0.5, 0.6) is 5.75 Å². The molecule has 0 radical (unpaired) electrons. The van der Waals surface area contributed by atoms with E-state index < -0.39 is 22.3 Å². The zero-order valence-electron chi connectivity index (χ0n) is 7.14. The lowest BCUT2D eigenvalue weighted by Crippen LogP contribution is -2.11. The van der Waals surface area contributed by atoms with Crippen molar-refractivity contribution in [3.8, 4) is 5.75 Å². The van der Waals surface area contributed by atoms with E-state index in [1.807, 2.05) is 0 Å². The lowest BCUT2D eigenvalue weighted by Gasteiger charge is -2.05. The van der Waals surface area contributed by atoms with Gasteiger partial charge in [-0.1, -0.05) is 11.1 Å². The molecule has 0 unspecified atom stereocenters. The molecule has 0 heterocycles. The zero-order chi connectivity index (χ0) is 11.4. The van der Waals surface area contributed by atoms with E-state index in [1.54, 1.807) is 5.00 Å². The molecule has 0 fully saturated rings. The number of rotatable bonds is 4. The normalized spacial score (nSPS) is 9.67. The third-order valence-electron chi connectivity index (χ3n) is 1.56. The van der Waals surface area contributed by atoms with Crippen LogP contribution in [0.25, 0.3) is 0 Å². The van der Waals surface area contributed by atoms with Gasteiger partial charge >= 0.3 is 11.7 Å². The number of nitro groups is 1. The molecule has 1 aromatic carbocycles. The summed E-state index contributed by atoms with van der Waals surface area (Å²) in [6, 6.07) is 3.51. The van der Waals surface area contributed by atoms with Gasteiger partial charge in [0.25, 0.3) is 0 Å². The van der Waals surface area contributed by atoms with Crippen LogP contribution in [-0.4, -0.2) is 16.0 Å². The molecule has 0 aliphatic heterocycles. The second-order valence-corrected chi connectivity index (χ2v) is 2.55. The first-order chi connectivity index (χ1) is 7.07. The number of hydrogen-bond donors (Lipinski definition) is 2. The highest BCUT2D eigenvalue weighted by Gasteiger charge is 2.23. The van der Waals surface area contributed by atoms with Crippen LogP contribution in [0.3, 0.4) is 0 Å². The van der Waals surface area contributed by atoms with E-state index in [-0.39, 0.29) is 5.56 Å². The summed E-state index contributed by atoms with van der Waals surface area (Å²) in [5.41, 5.74) is -0.833. The van der Waals surface area contributed by atoms with Crippen LogP contribution in [0.15, 0.2) is 18.2 Å². The number of nitro benzene ring substituents is 1. The first kappa shape index (κ1) is 11.2. The van der Waals surface area contributed by atoms with E-state index in [9.17, 15) is 14.9 Å². The first-order valence-electron chi connectivity index (χ1n) is 3.61. The van der Waals surface area contributed by atoms with Crippen molar-refractivity contribution < 1.29 is 19.7 Å². The molecule has 0 saturated carbocycles. The average Bonchev–Trinajstić information content (AvgIpc) is 2.17. The monoisotopic (exact) mass is 232 g/mol. The minimum absolute atomic E-state index is 0.350. The maximum absolute atomic E-state index is 10.7. The fraction of sp³-hybridized carbons (Fsp3) is 0. The number of carboxylic acids is 1. The van der Waals surface area contributed by atoms with E-state index >= 15 is 0 Å². The van der Waals surface area contributed by atoms with Crippen molar-refractivity contribution in [1.82, 2.24) is 5.00 Å². The Kier molecular flexibility index (Phi) is 3.42. The van der Waals surface area contributed by atoms with Gasteiger partial charge in [-0.25, -0.2) is 4.79 Å². The fourth-order valence-corrected chi connectivity index (χ4v) is 1.06. The lowest BCUT2D eigenvalue weighted by molar-refractivity contribution is -0.386. The van der Waals surface area contributed by atoms with E-state index in [2.05, 4.69) is 4.84 Å². The van der Waals surface area contributed by atoms with Gasteiger partial charge in [0.1, 0.15) is 5.56 Å². The molecule has 0 bridgehead atoms. The molecule has 0 spiro atoms. The largest absolute Gasteiger partial charge is 0.478 e. The maximum Gasteiger partial charge on any atom is 0.339 e. The number of para-hydroxylation sites is 1. The topological polar surface area (TPSA) is 102 Å². The summed E-state index contributed by atoms with van der Waals surface area (Å²) >= 11 is 5.00. The van der Waals surface area contributed by atoms with Crippen molar-refractivity contribution >= 4 is 23.4 Å². The van der Waals surface area contributed by atoms with Gasteiger partial charge < -0.3 is 9.94 Å². The molecule has 0 saturated heterocycles. The van der Waals surface area contributed by atoms with Crippen molar-refractivity contribution in [1.29, 1.82) is 0 Å². The van der Waals surface area contributed by atoms with Gasteiger partial charge in [0.15, 0.2) is 0 Å². The highest BCUT2D eigenvalue weighted by molar-refractivity contribution is 6.12. The Balaban J connectivity index is 3.34. The van der Waals surface area contributed by atoms with Crippen LogP contribution < -0.4 is 9.84 Å². The minimum Gasteiger partial charge on any atom is -0.478 e. The van der Waals surface area contributed by atoms with E-state index in [4.69, 9.17) is 16.9 Å².